The minimum atomic E-state index is -0.429. The second-order valence-electron chi connectivity index (χ2n) is 8.41. The van der Waals surface area contributed by atoms with Gasteiger partial charge in [-0.15, -0.1) is 0 Å². The Hall–Kier alpha value is -3.68. The third-order valence-corrected chi connectivity index (χ3v) is 6.66. The first-order valence-electron chi connectivity index (χ1n) is 10.9. The first kappa shape index (κ1) is 20.2. The highest BCUT2D eigenvalue weighted by atomic mass is 16.6. The summed E-state index contributed by atoms with van der Waals surface area (Å²) in [6.45, 7) is 2.80. The summed E-state index contributed by atoms with van der Waals surface area (Å²) in [6, 6.07) is 14.8. The van der Waals surface area contributed by atoms with Crippen LogP contribution in [0.25, 0.3) is 0 Å². The third-order valence-electron chi connectivity index (χ3n) is 6.66. The van der Waals surface area contributed by atoms with E-state index in [1.165, 1.54) is 6.07 Å². The van der Waals surface area contributed by atoms with Crippen LogP contribution in [0.2, 0.25) is 0 Å². The number of anilines is 3. The lowest BCUT2D eigenvalue weighted by Gasteiger charge is -2.37. The van der Waals surface area contributed by atoms with Crippen molar-refractivity contribution in [1.29, 1.82) is 0 Å². The Morgan fingerprint density at radius 3 is 1.97 bits per heavy atom. The van der Waals surface area contributed by atoms with E-state index in [4.69, 9.17) is 0 Å². The van der Waals surface area contributed by atoms with Crippen LogP contribution in [-0.4, -0.2) is 42.9 Å². The van der Waals surface area contributed by atoms with Crippen LogP contribution in [0.15, 0.2) is 60.7 Å². The van der Waals surface area contributed by atoms with Crippen molar-refractivity contribution < 1.29 is 14.5 Å². The summed E-state index contributed by atoms with van der Waals surface area (Å²) in [4.78, 5) is 42.6. The van der Waals surface area contributed by atoms with Crippen molar-refractivity contribution in [1.82, 2.24) is 0 Å². The van der Waals surface area contributed by atoms with Crippen LogP contribution in [-0.2, 0) is 9.59 Å². The highest BCUT2D eigenvalue weighted by molar-refractivity contribution is 6.22. The molecule has 0 N–H and O–H groups in total. The van der Waals surface area contributed by atoms with Crippen LogP contribution in [0.5, 0.6) is 0 Å². The molecule has 0 radical (unpaired) electrons. The normalized spacial score (nSPS) is 22.9. The lowest BCUT2D eigenvalue weighted by Crippen LogP contribution is -2.46. The number of nitro groups is 1. The molecule has 5 rings (SSSR count). The van der Waals surface area contributed by atoms with Crippen LogP contribution in [0.3, 0.4) is 0 Å². The van der Waals surface area contributed by atoms with E-state index in [9.17, 15) is 19.7 Å². The largest absolute Gasteiger partial charge is 0.368 e. The Labute approximate surface area is 185 Å². The summed E-state index contributed by atoms with van der Waals surface area (Å²) in [6.07, 6.45) is 4.93. The Morgan fingerprint density at radius 2 is 1.38 bits per heavy atom. The van der Waals surface area contributed by atoms with Crippen molar-refractivity contribution in [3.63, 3.8) is 0 Å². The molecular weight excluding hydrogens is 408 g/mol. The molecule has 32 heavy (non-hydrogen) atoms. The number of para-hydroxylation sites is 1. The van der Waals surface area contributed by atoms with Gasteiger partial charge in [0, 0.05) is 37.9 Å². The van der Waals surface area contributed by atoms with Gasteiger partial charge in [0.15, 0.2) is 0 Å². The monoisotopic (exact) mass is 432 g/mol. The molecule has 2 saturated heterocycles. The number of hydrogen-bond donors (Lipinski definition) is 0. The number of hydrogen-bond acceptors (Lipinski definition) is 6. The molecule has 8 heteroatoms. The van der Waals surface area contributed by atoms with Gasteiger partial charge < -0.3 is 9.80 Å². The van der Waals surface area contributed by atoms with E-state index in [1.807, 2.05) is 35.3 Å². The maximum atomic E-state index is 12.9. The summed E-state index contributed by atoms with van der Waals surface area (Å²) in [7, 11) is 0. The quantitative estimate of drug-likeness (QED) is 0.319. The Balaban J connectivity index is 1.38. The molecule has 2 aromatic rings. The number of fused-ring (bicyclic) bond motifs is 1. The van der Waals surface area contributed by atoms with Crippen molar-refractivity contribution >= 4 is 34.6 Å². The zero-order valence-electron chi connectivity index (χ0n) is 17.6. The summed E-state index contributed by atoms with van der Waals surface area (Å²) in [5, 5.41) is 11.9. The van der Waals surface area contributed by atoms with Crippen LogP contribution >= 0.6 is 0 Å². The van der Waals surface area contributed by atoms with Crippen molar-refractivity contribution in [2.24, 2.45) is 11.8 Å². The van der Waals surface area contributed by atoms with E-state index in [0.29, 0.717) is 31.6 Å². The van der Waals surface area contributed by atoms with Gasteiger partial charge in [-0.25, -0.2) is 4.90 Å². The predicted molar refractivity (Wildman–Crippen MR) is 122 cm³/mol. The lowest BCUT2D eigenvalue weighted by molar-refractivity contribution is -0.384. The van der Waals surface area contributed by atoms with Gasteiger partial charge in [0.25, 0.3) is 5.69 Å². The molecule has 2 heterocycles. The molecule has 2 atom stereocenters. The van der Waals surface area contributed by atoms with E-state index in [-0.39, 0.29) is 35.0 Å². The fraction of sp³-hybridized carbons (Fsp3) is 0.333. The average molecular weight is 432 g/mol. The highest BCUT2D eigenvalue weighted by Gasteiger charge is 2.48. The number of carbonyl (C=O) groups excluding carboxylic acids is 2. The van der Waals surface area contributed by atoms with Crippen LogP contribution in [0, 0.1) is 22.0 Å². The summed E-state index contributed by atoms with van der Waals surface area (Å²) < 4.78 is 0. The first-order valence-corrected chi connectivity index (χ1v) is 10.9. The number of benzene rings is 2. The minimum Gasteiger partial charge on any atom is -0.368 e. The van der Waals surface area contributed by atoms with Crippen molar-refractivity contribution in [2.75, 3.05) is 40.9 Å². The molecular formula is C24H24N4O4. The molecule has 2 fully saturated rings. The van der Waals surface area contributed by atoms with Gasteiger partial charge in [0.2, 0.25) is 11.8 Å². The third kappa shape index (κ3) is 3.41. The zero-order valence-corrected chi connectivity index (χ0v) is 17.6. The standard InChI is InChI=1S/C24H24N4O4/c29-23-19-8-4-5-9-20(19)24(30)27(23)18-10-11-21(22(16-18)28(31)32)26-14-12-25(13-15-26)17-6-2-1-3-7-17/h1-7,10-11,16,19-20H,8-9,12-15H2. The lowest BCUT2D eigenvalue weighted by atomic mass is 9.85. The molecule has 1 aliphatic carbocycles. The van der Waals surface area contributed by atoms with Crippen LogP contribution in [0.4, 0.5) is 22.7 Å². The Kier molecular flexibility index (Phi) is 5.13. The number of allylic oxidation sites excluding steroid dienone is 2. The highest BCUT2D eigenvalue weighted by Crippen LogP contribution is 2.40. The number of carbonyl (C=O) groups is 2. The van der Waals surface area contributed by atoms with Gasteiger partial charge >= 0.3 is 0 Å². The van der Waals surface area contributed by atoms with Gasteiger partial charge in [-0.2, -0.15) is 0 Å². The Bertz CT molecular complexity index is 1070. The molecule has 2 unspecified atom stereocenters. The molecule has 2 aromatic carbocycles. The number of nitrogens with zero attached hydrogens (tertiary/aromatic N) is 4. The first-order chi connectivity index (χ1) is 15.5. The number of nitro benzene ring substituents is 1. The van der Waals surface area contributed by atoms with Crippen molar-refractivity contribution in [3.05, 3.63) is 70.8 Å². The summed E-state index contributed by atoms with van der Waals surface area (Å²) in [5.74, 6) is -1.25. The second-order valence-corrected chi connectivity index (χ2v) is 8.41. The molecule has 0 spiro atoms. The van der Waals surface area contributed by atoms with Crippen molar-refractivity contribution in [3.8, 4) is 0 Å². The number of imide groups is 1. The van der Waals surface area contributed by atoms with E-state index in [0.717, 1.165) is 23.7 Å². The van der Waals surface area contributed by atoms with Gasteiger partial charge in [0.1, 0.15) is 5.69 Å². The van der Waals surface area contributed by atoms with Crippen LogP contribution in [0.1, 0.15) is 12.8 Å². The molecule has 2 aliphatic heterocycles. The van der Waals surface area contributed by atoms with Gasteiger partial charge in [-0.3, -0.25) is 19.7 Å². The number of rotatable bonds is 4. The van der Waals surface area contributed by atoms with E-state index >= 15 is 0 Å². The van der Waals surface area contributed by atoms with E-state index in [1.54, 1.807) is 12.1 Å². The van der Waals surface area contributed by atoms with Gasteiger partial charge in [-0.05, 0) is 37.1 Å². The number of amides is 2. The predicted octanol–water partition coefficient (Wildman–Crippen LogP) is 3.38. The fourth-order valence-corrected chi connectivity index (χ4v) is 4.96. The smallest absolute Gasteiger partial charge is 0.294 e. The van der Waals surface area contributed by atoms with Crippen molar-refractivity contribution in [2.45, 2.75) is 12.8 Å². The second kappa shape index (κ2) is 8.11. The topological polar surface area (TPSA) is 87.0 Å². The maximum Gasteiger partial charge on any atom is 0.294 e. The Morgan fingerprint density at radius 1 is 0.781 bits per heavy atom. The molecule has 0 aromatic heterocycles. The fourth-order valence-electron chi connectivity index (χ4n) is 4.96. The molecule has 0 saturated carbocycles. The molecule has 164 valence electrons. The molecule has 8 nitrogen and oxygen atoms in total. The molecule has 0 bridgehead atoms. The van der Waals surface area contributed by atoms with Gasteiger partial charge in [0.05, 0.1) is 22.4 Å². The zero-order chi connectivity index (χ0) is 22.2. The molecule has 3 aliphatic rings. The average Bonchev–Trinajstić information content (AvgIpc) is 3.09. The summed E-state index contributed by atoms with van der Waals surface area (Å²) in [5.41, 5.74) is 1.86. The minimum absolute atomic E-state index is 0.0794. The van der Waals surface area contributed by atoms with Crippen LogP contribution < -0.4 is 14.7 Å². The van der Waals surface area contributed by atoms with E-state index < -0.39 is 4.92 Å². The SMILES string of the molecule is O=C1C2CC=CCC2C(=O)N1c1ccc(N2CCN(c3ccccc3)CC2)c([N+](=O)[O-])c1. The van der Waals surface area contributed by atoms with E-state index in [2.05, 4.69) is 17.0 Å². The van der Waals surface area contributed by atoms with Gasteiger partial charge in [-0.1, -0.05) is 30.4 Å². The molecule has 2 amide bonds. The maximum absolute atomic E-state index is 12.9. The summed E-state index contributed by atoms with van der Waals surface area (Å²) >= 11 is 0. The number of piperazine rings is 1.